The van der Waals surface area contributed by atoms with Crippen LogP contribution in [0.3, 0.4) is 0 Å². The minimum Gasteiger partial charge on any atom is -0.276 e. The molecule has 2 aromatic heterocycles. The third-order valence-electron chi connectivity index (χ3n) is 2.51. The van der Waals surface area contributed by atoms with E-state index in [0.29, 0.717) is 0 Å². The van der Waals surface area contributed by atoms with Gasteiger partial charge in [0.15, 0.2) is 0 Å². The Labute approximate surface area is 101 Å². The molecule has 0 aliphatic carbocycles. The normalized spacial score (nSPS) is 10.8. The van der Waals surface area contributed by atoms with E-state index in [0.717, 1.165) is 16.8 Å². The van der Waals surface area contributed by atoms with Gasteiger partial charge in [-0.15, -0.1) is 0 Å². The van der Waals surface area contributed by atoms with E-state index in [1.165, 1.54) is 11.7 Å². The van der Waals surface area contributed by atoms with Crippen molar-refractivity contribution in [3.8, 4) is 11.3 Å². The molecule has 3 rings (SSSR count). The smallest absolute Gasteiger partial charge is 0.115 e. The monoisotopic (exact) mass is 273 g/mol. The van der Waals surface area contributed by atoms with E-state index in [1.54, 1.807) is 12.4 Å². The van der Waals surface area contributed by atoms with E-state index in [1.807, 2.05) is 15.7 Å². The minimum absolute atomic E-state index is 0.996. The van der Waals surface area contributed by atoms with Crippen LogP contribution >= 0.6 is 16.1 Å². The van der Waals surface area contributed by atoms with Crippen molar-refractivity contribution < 1.29 is 0 Å². The minimum atomic E-state index is 0.996. The Morgan fingerprint density at radius 2 is 1.81 bits per heavy atom. The molecule has 0 atom stereocenters. The molecule has 0 unspecified atom stereocenters. The fourth-order valence-electron chi connectivity index (χ4n) is 1.75. The maximum Gasteiger partial charge on any atom is 0.115 e. The van der Waals surface area contributed by atoms with Crippen molar-refractivity contribution in [3.05, 3.63) is 49.1 Å². The molecule has 0 N–H and O–H groups in total. The Balaban J connectivity index is 2.29. The summed E-state index contributed by atoms with van der Waals surface area (Å²) in [5.74, 6) is 0. The molecular weight excluding hydrogens is 266 g/mol. The number of rotatable bonds is 1. The molecule has 0 aliphatic rings. The Hall–Kier alpha value is -1.68. The molecule has 2 heterocycles. The van der Waals surface area contributed by atoms with Crippen LogP contribution < -0.4 is 0 Å². The van der Waals surface area contributed by atoms with Gasteiger partial charge in [0.2, 0.25) is 0 Å². The third-order valence-corrected chi connectivity index (χ3v) is 3.27. The van der Waals surface area contributed by atoms with E-state index in [-0.39, 0.29) is 0 Å². The van der Waals surface area contributed by atoms with Gasteiger partial charge in [-0.25, -0.2) is 9.97 Å². The number of hydrogen-bond donors (Lipinski definition) is 0. The molecule has 0 saturated carbocycles. The topological polar surface area (TPSA) is 30.7 Å². The summed E-state index contributed by atoms with van der Waals surface area (Å²) in [5, 5.41) is 1.19. The first-order valence-corrected chi connectivity index (χ1v) is 5.59. The average Bonchev–Trinajstić information content (AvgIpc) is 2.69. The van der Waals surface area contributed by atoms with Crippen molar-refractivity contribution >= 4 is 27.1 Å². The van der Waals surface area contributed by atoms with Gasteiger partial charge >= 0.3 is 0 Å². The maximum atomic E-state index is 4.03. The number of halogens is 1. The molecule has 0 spiro atoms. The van der Waals surface area contributed by atoms with E-state index < -0.39 is 0 Å². The third kappa shape index (κ3) is 1.42. The van der Waals surface area contributed by atoms with Crippen LogP contribution in [0.5, 0.6) is 0 Å². The number of fused-ring (bicyclic) bond motifs is 1. The summed E-state index contributed by atoms with van der Waals surface area (Å²) in [5.41, 5.74) is 3.19. The van der Waals surface area contributed by atoms with Crippen molar-refractivity contribution in [2.75, 3.05) is 0 Å². The van der Waals surface area contributed by atoms with Crippen LogP contribution in [-0.2, 0) is 0 Å². The molecule has 3 nitrogen and oxygen atoms in total. The van der Waals surface area contributed by atoms with Gasteiger partial charge in [0.05, 0.1) is 27.4 Å². The first-order chi connectivity index (χ1) is 7.86. The zero-order valence-corrected chi connectivity index (χ0v) is 9.92. The maximum absolute atomic E-state index is 4.03. The average molecular weight is 274 g/mol. The summed E-state index contributed by atoms with van der Waals surface area (Å²) >= 11 is 3.55. The Morgan fingerprint density at radius 1 is 1.06 bits per heavy atom. The molecule has 4 heteroatoms. The van der Waals surface area contributed by atoms with Crippen molar-refractivity contribution in [3.63, 3.8) is 0 Å². The lowest BCUT2D eigenvalue weighted by atomic mass is 10.2. The van der Waals surface area contributed by atoms with Gasteiger partial charge < -0.3 is 0 Å². The summed E-state index contributed by atoms with van der Waals surface area (Å²) in [4.78, 5) is 8.05. The standard InChI is InChI=1S/C12H8BrN3/c13-16-11-4-2-1-3-9(11)5-12(16)10-6-14-8-15-7-10/h1-8H. The summed E-state index contributed by atoms with van der Waals surface area (Å²) in [6.07, 6.45) is 5.14. The van der Waals surface area contributed by atoms with Crippen molar-refractivity contribution in [2.45, 2.75) is 0 Å². The SMILES string of the molecule is Brn1c(-c2cncnc2)cc2ccccc21. The van der Waals surface area contributed by atoms with Crippen LogP contribution in [0, 0.1) is 0 Å². The Bertz CT molecular complexity index is 631. The number of benzene rings is 1. The van der Waals surface area contributed by atoms with E-state index in [4.69, 9.17) is 0 Å². The lowest BCUT2D eigenvalue weighted by Gasteiger charge is -2.00. The van der Waals surface area contributed by atoms with Gasteiger partial charge in [0.25, 0.3) is 0 Å². The molecule has 0 saturated heterocycles. The van der Waals surface area contributed by atoms with Gasteiger partial charge in [0.1, 0.15) is 6.33 Å². The highest BCUT2D eigenvalue weighted by Gasteiger charge is 2.08. The van der Waals surface area contributed by atoms with Gasteiger partial charge in [0, 0.05) is 23.3 Å². The number of para-hydroxylation sites is 1. The van der Waals surface area contributed by atoms with E-state index >= 15 is 0 Å². The second kappa shape index (κ2) is 3.72. The fourth-order valence-corrected chi connectivity index (χ4v) is 2.38. The van der Waals surface area contributed by atoms with E-state index in [2.05, 4.69) is 44.3 Å². The molecular formula is C12H8BrN3. The summed E-state index contributed by atoms with van der Waals surface area (Å²) in [6.45, 7) is 0. The number of nitrogens with zero attached hydrogens (tertiary/aromatic N) is 3. The van der Waals surface area contributed by atoms with Crippen LogP contribution in [0.4, 0.5) is 0 Å². The highest BCUT2D eigenvalue weighted by Crippen LogP contribution is 2.28. The quantitative estimate of drug-likeness (QED) is 0.682. The molecule has 0 bridgehead atoms. The Kier molecular flexibility index (Phi) is 2.22. The lowest BCUT2D eigenvalue weighted by molar-refractivity contribution is 1.16. The number of hydrogen-bond acceptors (Lipinski definition) is 2. The fraction of sp³-hybridized carbons (Fsp3) is 0. The van der Waals surface area contributed by atoms with E-state index in [9.17, 15) is 0 Å². The first kappa shape index (κ1) is 9.54. The van der Waals surface area contributed by atoms with Crippen LogP contribution in [0.25, 0.3) is 22.2 Å². The predicted octanol–water partition coefficient (Wildman–Crippen LogP) is 3.26. The second-order valence-electron chi connectivity index (χ2n) is 3.50. The summed E-state index contributed by atoms with van der Waals surface area (Å²) in [7, 11) is 0. The lowest BCUT2D eigenvalue weighted by Crippen LogP contribution is -1.86. The molecule has 16 heavy (non-hydrogen) atoms. The number of aromatic nitrogens is 3. The molecule has 0 amide bonds. The van der Waals surface area contributed by atoms with Crippen molar-refractivity contribution in [1.29, 1.82) is 0 Å². The zero-order chi connectivity index (χ0) is 11.0. The largest absolute Gasteiger partial charge is 0.276 e. The summed E-state index contributed by atoms with van der Waals surface area (Å²) < 4.78 is 1.97. The van der Waals surface area contributed by atoms with Gasteiger partial charge in [-0.3, -0.25) is 3.59 Å². The molecule has 0 aliphatic heterocycles. The first-order valence-electron chi connectivity index (χ1n) is 4.88. The summed E-state index contributed by atoms with van der Waals surface area (Å²) in [6, 6.07) is 10.3. The van der Waals surface area contributed by atoms with Crippen LogP contribution in [0.2, 0.25) is 0 Å². The van der Waals surface area contributed by atoms with Gasteiger partial charge in [-0.05, 0) is 12.1 Å². The molecule has 0 fully saturated rings. The zero-order valence-electron chi connectivity index (χ0n) is 8.34. The van der Waals surface area contributed by atoms with Crippen LogP contribution in [0.15, 0.2) is 49.1 Å². The molecule has 3 aromatic rings. The van der Waals surface area contributed by atoms with Crippen LogP contribution in [0.1, 0.15) is 0 Å². The van der Waals surface area contributed by atoms with Crippen LogP contribution in [-0.4, -0.2) is 13.6 Å². The van der Waals surface area contributed by atoms with Crippen molar-refractivity contribution in [1.82, 2.24) is 13.6 Å². The molecule has 1 aromatic carbocycles. The predicted molar refractivity (Wildman–Crippen MR) is 67.3 cm³/mol. The van der Waals surface area contributed by atoms with Gasteiger partial charge in [-0.1, -0.05) is 18.2 Å². The van der Waals surface area contributed by atoms with Crippen molar-refractivity contribution in [2.24, 2.45) is 0 Å². The van der Waals surface area contributed by atoms with Gasteiger partial charge in [-0.2, -0.15) is 0 Å². The highest BCUT2D eigenvalue weighted by molar-refractivity contribution is 9.08. The Morgan fingerprint density at radius 3 is 2.56 bits per heavy atom. The molecule has 0 radical (unpaired) electrons. The molecule has 78 valence electrons. The second-order valence-corrected chi connectivity index (χ2v) is 4.21. The highest BCUT2D eigenvalue weighted by atomic mass is 79.9.